The molecule has 0 aromatic rings. The lowest BCUT2D eigenvalue weighted by atomic mass is 9.96. The van der Waals surface area contributed by atoms with Gasteiger partial charge in [-0.05, 0) is 60.3 Å². The Morgan fingerprint density at radius 1 is 1.30 bits per heavy atom. The fourth-order valence-corrected chi connectivity index (χ4v) is 2.80. The normalized spacial score (nSPS) is 20.3. The molecule has 2 amide bonds. The minimum atomic E-state index is -0.506. The highest BCUT2D eigenvalue weighted by Crippen LogP contribution is 2.21. The Balaban J connectivity index is 2.69. The Morgan fingerprint density at radius 3 is 2.39 bits per heavy atom. The molecule has 134 valence electrons. The minimum absolute atomic E-state index is 0.0111. The van der Waals surface area contributed by atoms with Crippen molar-refractivity contribution in [3.8, 4) is 0 Å². The summed E-state index contributed by atoms with van der Waals surface area (Å²) in [5.41, 5.74) is 5.20. The smallest absolute Gasteiger partial charge is 0.410 e. The first-order valence-corrected chi connectivity index (χ1v) is 8.55. The highest BCUT2D eigenvalue weighted by atomic mass is 16.6. The van der Waals surface area contributed by atoms with Crippen LogP contribution < -0.4 is 5.73 Å². The highest BCUT2D eigenvalue weighted by molar-refractivity contribution is 5.81. The summed E-state index contributed by atoms with van der Waals surface area (Å²) in [6.45, 7) is 13.3. The molecular formula is C17H33N3O3. The van der Waals surface area contributed by atoms with Gasteiger partial charge in [-0.3, -0.25) is 4.79 Å². The average Bonchev–Trinajstić information content (AvgIpc) is 2.41. The second-order valence-corrected chi connectivity index (χ2v) is 7.81. The van der Waals surface area contributed by atoms with Gasteiger partial charge in [0.1, 0.15) is 5.60 Å². The Labute approximate surface area is 140 Å². The quantitative estimate of drug-likeness (QED) is 0.859. The summed E-state index contributed by atoms with van der Waals surface area (Å²) >= 11 is 0. The van der Waals surface area contributed by atoms with Gasteiger partial charge in [-0.15, -0.1) is 0 Å². The van der Waals surface area contributed by atoms with Crippen molar-refractivity contribution in [2.24, 2.45) is 11.7 Å². The third-order valence-corrected chi connectivity index (χ3v) is 3.93. The molecule has 0 saturated carbocycles. The molecule has 1 heterocycles. The Hall–Kier alpha value is -1.30. The second-order valence-electron chi connectivity index (χ2n) is 7.81. The lowest BCUT2D eigenvalue weighted by Crippen LogP contribution is -2.50. The van der Waals surface area contributed by atoms with Gasteiger partial charge in [-0.25, -0.2) is 4.79 Å². The van der Waals surface area contributed by atoms with Gasteiger partial charge >= 0.3 is 6.09 Å². The van der Waals surface area contributed by atoms with Crippen LogP contribution in [0.5, 0.6) is 0 Å². The topological polar surface area (TPSA) is 75.9 Å². The standard InChI is InChI=1S/C17H33N3O3/c1-12(2)20(16(22)23-17(4,5)6)11-14-8-7-9-19(10-14)15(21)13(3)18/h12-14H,7-11,18H2,1-6H3. The van der Waals surface area contributed by atoms with Crippen molar-refractivity contribution in [1.82, 2.24) is 9.80 Å². The maximum absolute atomic E-state index is 12.4. The van der Waals surface area contributed by atoms with Crippen LogP contribution in [0.25, 0.3) is 0 Å². The van der Waals surface area contributed by atoms with Gasteiger partial charge in [0.05, 0.1) is 6.04 Å². The summed E-state index contributed by atoms with van der Waals surface area (Å²) in [4.78, 5) is 28.1. The van der Waals surface area contributed by atoms with E-state index in [4.69, 9.17) is 10.5 Å². The molecule has 0 aliphatic carbocycles. The molecule has 2 N–H and O–H groups in total. The van der Waals surface area contributed by atoms with E-state index >= 15 is 0 Å². The number of rotatable bonds is 4. The Morgan fingerprint density at radius 2 is 1.91 bits per heavy atom. The van der Waals surface area contributed by atoms with Gasteiger partial charge in [-0.2, -0.15) is 0 Å². The largest absolute Gasteiger partial charge is 0.444 e. The van der Waals surface area contributed by atoms with Crippen molar-refractivity contribution in [2.75, 3.05) is 19.6 Å². The van der Waals surface area contributed by atoms with E-state index in [1.807, 2.05) is 39.5 Å². The Kier molecular flexibility index (Phi) is 6.86. The molecule has 0 aromatic heterocycles. The number of amides is 2. The summed E-state index contributed by atoms with van der Waals surface area (Å²) in [5, 5.41) is 0. The van der Waals surface area contributed by atoms with E-state index in [1.165, 1.54) is 0 Å². The fourth-order valence-electron chi connectivity index (χ4n) is 2.80. The van der Waals surface area contributed by atoms with Gasteiger partial charge < -0.3 is 20.3 Å². The molecule has 2 unspecified atom stereocenters. The first-order valence-electron chi connectivity index (χ1n) is 8.55. The minimum Gasteiger partial charge on any atom is -0.444 e. The van der Waals surface area contributed by atoms with Crippen LogP contribution in [-0.4, -0.2) is 59.1 Å². The summed E-state index contributed by atoms with van der Waals surface area (Å²) in [6.07, 6.45) is 1.67. The lowest BCUT2D eigenvalue weighted by molar-refractivity contribution is -0.134. The van der Waals surface area contributed by atoms with Crippen LogP contribution in [0, 0.1) is 5.92 Å². The van der Waals surface area contributed by atoms with Crippen molar-refractivity contribution < 1.29 is 14.3 Å². The van der Waals surface area contributed by atoms with Gasteiger partial charge in [0.15, 0.2) is 0 Å². The maximum Gasteiger partial charge on any atom is 0.410 e. The monoisotopic (exact) mass is 327 g/mol. The van der Waals surface area contributed by atoms with Crippen molar-refractivity contribution in [3.05, 3.63) is 0 Å². The number of piperidine rings is 1. The van der Waals surface area contributed by atoms with E-state index < -0.39 is 11.6 Å². The molecule has 0 radical (unpaired) electrons. The van der Waals surface area contributed by atoms with E-state index in [2.05, 4.69) is 0 Å². The molecule has 0 aromatic carbocycles. The summed E-state index contributed by atoms with van der Waals surface area (Å²) in [5.74, 6) is 0.254. The molecule has 0 bridgehead atoms. The van der Waals surface area contributed by atoms with Crippen LogP contribution in [0.15, 0.2) is 0 Å². The van der Waals surface area contributed by atoms with Crippen LogP contribution in [0.4, 0.5) is 4.79 Å². The molecule has 1 aliphatic heterocycles. The molecular weight excluding hydrogens is 294 g/mol. The summed E-state index contributed by atoms with van der Waals surface area (Å²) in [6, 6.07) is -0.412. The van der Waals surface area contributed by atoms with Gasteiger partial charge in [0.25, 0.3) is 0 Å². The third-order valence-electron chi connectivity index (χ3n) is 3.93. The number of carbonyl (C=O) groups is 2. The number of ether oxygens (including phenoxy) is 1. The predicted octanol–water partition coefficient (Wildman–Crippen LogP) is 2.22. The first-order chi connectivity index (χ1) is 10.5. The van der Waals surface area contributed by atoms with E-state index in [0.717, 1.165) is 19.4 Å². The number of hydrogen-bond acceptors (Lipinski definition) is 4. The molecule has 2 atom stereocenters. The average molecular weight is 327 g/mol. The Bertz CT molecular complexity index is 416. The zero-order valence-corrected chi connectivity index (χ0v) is 15.5. The first kappa shape index (κ1) is 19.7. The number of likely N-dealkylation sites (tertiary alicyclic amines) is 1. The SMILES string of the molecule is CC(N)C(=O)N1CCCC(CN(C(=O)OC(C)(C)C)C(C)C)C1. The molecule has 6 heteroatoms. The van der Waals surface area contributed by atoms with Crippen LogP contribution in [-0.2, 0) is 9.53 Å². The van der Waals surface area contributed by atoms with Crippen LogP contribution in [0.2, 0.25) is 0 Å². The van der Waals surface area contributed by atoms with Crippen molar-refractivity contribution in [3.63, 3.8) is 0 Å². The molecule has 1 aliphatic rings. The van der Waals surface area contributed by atoms with Gasteiger partial charge in [0, 0.05) is 25.7 Å². The lowest BCUT2D eigenvalue weighted by Gasteiger charge is -2.38. The van der Waals surface area contributed by atoms with E-state index in [9.17, 15) is 9.59 Å². The predicted molar refractivity (Wildman–Crippen MR) is 91.0 cm³/mol. The number of nitrogens with zero attached hydrogens (tertiary/aromatic N) is 2. The van der Waals surface area contributed by atoms with Crippen molar-refractivity contribution >= 4 is 12.0 Å². The number of nitrogens with two attached hydrogens (primary N) is 1. The van der Waals surface area contributed by atoms with Crippen molar-refractivity contribution in [1.29, 1.82) is 0 Å². The number of hydrogen-bond donors (Lipinski definition) is 1. The van der Waals surface area contributed by atoms with Crippen LogP contribution in [0.3, 0.4) is 0 Å². The van der Waals surface area contributed by atoms with Crippen LogP contribution in [0.1, 0.15) is 54.4 Å². The second kappa shape index (κ2) is 7.99. The molecule has 1 rings (SSSR count). The van der Waals surface area contributed by atoms with Crippen LogP contribution >= 0.6 is 0 Å². The fraction of sp³-hybridized carbons (Fsp3) is 0.882. The maximum atomic E-state index is 12.4. The van der Waals surface area contributed by atoms with E-state index in [1.54, 1.807) is 11.8 Å². The zero-order chi connectivity index (χ0) is 17.8. The molecule has 6 nitrogen and oxygen atoms in total. The van der Waals surface area contributed by atoms with Gasteiger partial charge in [-0.1, -0.05) is 0 Å². The summed E-state index contributed by atoms with van der Waals surface area (Å²) in [7, 11) is 0. The molecule has 23 heavy (non-hydrogen) atoms. The highest BCUT2D eigenvalue weighted by Gasteiger charge is 2.30. The molecule has 1 fully saturated rings. The van der Waals surface area contributed by atoms with Crippen molar-refractivity contribution in [2.45, 2.75) is 72.1 Å². The van der Waals surface area contributed by atoms with Gasteiger partial charge in [0.2, 0.25) is 5.91 Å². The van der Waals surface area contributed by atoms with E-state index in [0.29, 0.717) is 13.1 Å². The summed E-state index contributed by atoms with van der Waals surface area (Å²) < 4.78 is 5.50. The van der Waals surface area contributed by atoms with E-state index in [-0.39, 0.29) is 24.0 Å². The number of carbonyl (C=O) groups excluding carboxylic acids is 2. The third kappa shape index (κ3) is 6.37. The molecule has 0 spiro atoms. The molecule has 1 saturated heterocycles. The zero-order valence-electron chi connectivity index (χ0n) is 15.5.